The number of halogens is 2. The Balaban J connectivity index is -0.0000000417. The Morgan fingerprint density at radius 3 is 1.44 bits per heavy atom. The average Bonchev–Trinajstić information content (AvgIpc) is 1.35. The van der Waals surface area contributed by atoms with E-state index in [9.17, 15) is 0 Å². The minimum atomic E-state index is -1.40. The molecule has 0 bridgehead atoms. The van der Waals surface area contributed by atoms with Crippen molar-refractivity contribution >= 4 is 24.5 Å². The third-order valence-electron chi connectivity index (χ3n) is 0.774. The molecule has 2 nitrogen and oxygen atoms in total. The maximum absolute atomic E-state index is 8.94. The van der Waals surface area contributed by atoms with Gasteiger partial charge in [0.25, 0.3) is 0 Å². The lowest BCUT2D eigenvalue weighted by Gasteiger charge is -2.01. The van der Waals surface area contributed by atoms with Gasteiger partial charge >= 0.3 is 0 Å². The van der Waals surface area contributed by atoms with E-state index >= 15 is 0 Å². The molecule has 0 aromatic rings. The molecule has 0 fully saturated rings. The molecule has 0 rings (SSSR count). The molecule has 5 heteroatoms. The zero-order valence-corrected chi connectivity index (χ0v) is 10.3. The van der Waals surface area contributed by atoms with Crippen molar-refractivity contribution in [3.8, 4) is 0 Å². The van der Waals surface area contributed by atoms with Gasteiger partial charge in [0.05, 0.1) is 19.5 Å². The van der Waals surface area contributed by atoms with E-state index in [1.807, 2.05) is 20.3 Å². The van der Waals surface area contributed by atoms with E-state index in [-0.39, 0.29) is 40.1 Å². The lowest BCUT2D eigenvalue weighted by Crippen LogP contribution is -3.00. The normalized spacial score (nSPS) is 8.00. The summed E-state index contributed by atoms with van der Waals surface area (Å²) < 4.78 is 0. The van der Waals surface area contributed by atoms with Crippen molar-refractivity contribution in [2.24, 2.45) is 0 Å². The molecule has 0 aliphatic rings. The molecular formula is C4H16Br2NOP. The Bertz CT molecular complexity index is 48.3. The highest BCUT2D eigenvalue weighted by Gasteiger charge is 2.15. The summed E-state index contributed by atoms with van der Waals surface area (Å²) >= 11 is 0. The highest BCUT2D eigenvalue weighted by Crippen LogP contribution is 2.44. The second-order valence-corrected chi connectivity index (χ2v) is 5.81. The molecule has 62 valence electrons. The first-order valence-corrected chi connectivity index (χ1v) is 4.94. The summed E-state index contributed by atoms with van der Waals surface area (Å²) in [4.78, 5) is 8.94. The molecule has 0 spiro atoms. The van der Waals surface area contributed by atoms with E-state index in [4.69, 9.17) is 4.89 Å². The largest absolute Gasteiger partial charge is 1.00 e. The van der Waals surface area contributed by atoms with Crippen LogP contribution in [0.3, 0.4) is 0 Å². The van der Waals surface area contributed by atoms with Gasteiger partial charge < -0.3 is 23.1 Å². The molecule has 0 amide bonds. The number of rotatable bonds is 1. The highest BCUT2D eigenvalue weighted by atomic mass is 79.9. The number of hydrogen-bond donors (Lipinski definition) is 2. The summed E-state index contributed by atoms with van der Waals surface area (Å²) in [6, 6.07) is 0. The van der Waals surface area contributed by atoms with E-state index in [1.54, 1.807) is 0 Å². The number of hydrogen-bond acceptors (Lipinski definition) is 2. The summed E-state index contributed by atoms with van der Waals surface area (Å²) in [5, 5.41) is 0. The summed E-state index contributed by atoms with van der Waals surface area (Å²) in [5.74, 6) is 0. The molecule has 0 aliphatic carbocycles. The van der Waals surface area contributed by atoms with Crippen molar-refractivity contribution in [3.05, 3.63) is 0 Å². The predicted octanol–water partition coefficient (Wildman–Crippen LogP) is -1.07. The van der Waals surface area contributed by atoms with Crippen LogP contribution in [0.5, 0.6) is 0 Å². The molecule has 0 saturated heterocycles. The fraction of sp³-hybridized carbons (Fsp3) is 1.00. The van der Waals surface area contributed by atoms with Gasteiger partial charge in [0.15, 0.2) is 0 Å². The van der Waals surface area contributed by atoms with E-state index in [1.165, 1.54) is 0 Å². The van der Waals surface area contributed by atoms with Crippen LogP contribution in [0.2, 0.25) is 0 Å². The Kier molecular flexibility index (Phi) is 23.2. The molecule has 0 unspecified atom stereocenters. The monoisotopic (exact) mass is 283 g/mol. The zero-order chi connectivity index (χ0) is 5.21. The van der Waals surface area contributed by atoms with Gasteiger partial charge in [-0.05, 0) is 6.92 Å². The van der Waals surface area contributed by atoms with E-state index < -0.39 is 7.49 Å². The topological polar surface area (TPSA) is 55.2 Å². The lowest BCUT2D eigenvalue weighted by atomic mass is 11.0. The second-order valence-electron chi connectivity index (χ2n) is 1.94. The minimum absolute atomic E-state index is 0. The maximum Gasteiger partial charge on any atom is 0.135 e. The van der Waals surface area contributed by atoms with Crippen molar-refractivity contribution in [2.45, 2.75) is 6.92 Å². The maximum atomic E-state index is 8.94. The van der Waals surface area contributed by atoms with Crippen LogP contribution in [0.4, 0.5) is 0 Å². The van der Waals surface area contributed by atoms with Crippen LogP contribution in [-0.4, -0.2) is 24.4 Å². The van der Waals surface area contributed by atoms with Crippen molar-refractivity contribution < 1.29 is 21.9 Å². The lowest BCUT2D eigenvalue weighted by molar-refractivity contribution is -0.00000338. The molecule has 0 aromatic carbocycles. The standard InChI is InChI=1S/C4H12OP.2BrH.H3N/c1-4-6(2,3)5;;;/h5H,4H2,1-3H3;2*1H;1H3/q+1;;;/p-1. The molecule has 0 aromatic heterocycles. The molecule has 0 atom stereocenters. The fourth-order valence-electron chi connectivity index (χ4n) is 0. The van der Waals surface area contributed by atoms with Crippen LogP contribution in [0.1, 0.15) is 6.92 Å². The highest BCUT2D eigenvalue weighted by molar-refractivity contribution is 8.93. The van der Waals surface area contributed by atoms with Crippen molar-refractivity contribution in [1.29, 1.82) is 0 Å². The first-order chi connectivity index (χ1) is 2.56. The van der Waals surface area contributed by atoms with Crippen LogP contribution in [0.25, 0.3) is 0 Å². The third kappa shape index (κ3) is 26.8. The van der Waals surface area contributed by atoms with Crippen LogP contribution < -0.4 is 23.1 Å². The first kappa shape index (κ1) is 22.4. The van der Waals surface area contributed by atoms with Gasteiger partial charge in [0.2, 0.25) is 0 Å². The molecule has 9 heavy (non-hydrogen) atoms. The Labute approximate surface area is 79.0 Å². The van der Waals surface area contributed by atoms with E-state index in [0.717, 1.165) is 6.16 Å². The van der Waals surface area contributed by atoms with E-state index in [0.29, 0.717) is 0 Å². The van der Waals surface area contributed by atoms with Crippen LogP contribution in [-0.2, 0) is 0 Å². The second kappa shape index (κ2) is 9.31. The van der Waals surface area contributed by atoms with Crippen molar-refractivity contribution in [3.63, 3.8) is 0 Å². The zero-order valence-electron chi connectivity index (χ0n) is 6.09. The van der Waals surface area contributed by atoms with E-state index in [2.05, 4.69) is 0 Å². The quantitative estimate of drug-likeness (QED) is 0.603. The fourth-order valence-corrected chi connectivity index (χ4v) is 0. The summed E-state index contributed by atoms with van der Waals surface area (Å²) in [5.41, 5.74) is 0. The van der Waals surface area contributed by atoms with Gasteiger partial charge in [-0.2, -0.15) is 0 Å². The van der Waals surface area contributed by atoms with Gasteiger partial charge in [-0.1, -0.05) is 0 Å². The van der Waals surface area contributed by atoms with Crippen molar-refractivity contribution in [1.82, 2.24) is 6.15 Å². The van der Waals surface area contributed by atoms with Crippen LogP contribution >= 0.6 is 24.5 Å². The molecule has 0 saturated carbocycles. The van der Waals surface area contributed by atoms with Crippen LogP contribution in [0.15, 0.2) is 0 Å². The molecule has 0 radical (unpaired) electrons. The SMILES string of the molecule is Br.CC[P+](C)(C)O.N.[Br-]. The third-order valence-corrected chi connectivity index (χ3v) is 2.32. The van der Waals surface area contributed by atoms with Gasteiger partial charge in [0, 0.05) is 0 Å². The van der Waals surface area contributed by atoms with Crippen molar-refractivity contribution in [2.75, 3.05) is 19.5 Å². The predicted molar refractivity (Wildman–Crippen MR) is 46.9 cm³/mol. The summed E-state index contributed by atoms with van der Waals surface area (Å²) in [6.45, 7) is 5.83. The Morgan fingerprint density at radius 1 is 1.33 bits per heavy atom. The molecular weight excluding hydrogens is 269 g/mol. The van der Waals surface area contributed by atoms with Gasteiger partial charge in [-0.25, -0.2) is 0 Å². The van der Waals surface area contributed by atoms with Gasteiger partial charge in [-0.15, -0.1) is 17.0 Å². The van der Waals surface area contributed by atoms with Crippen LogP contribution in [0, 0.1) is 0 Å². The first-order valence-electron chi connectivity index (χ1n) is 2.12. The smallest absolute Gasteiger partial charge is 0.135 e. The molecule has 0 heterocycles. The molecule has 4 N–H and O–H groups in total. The Morgan fingerprint density at radius 2 is 1.44 bits per heavy atom. The summed E-state index contributed by atoms with van der Waals surface area (Å²) in [7, 11) is -1.40. The molecule has 0 aliphatic heterocycles. The van der Waals surface area contributed by atoms with Gasteiger partial charge in [0.1, 0.15) is 7.49 Å². The van der Waals surface area contributed by atoms with Gasteiger partial charge in [-0.3, -0.25) is 4.89 Å². The average molecular weight is 285 g/mol. The summed E-state index contributed by atoms with van der Waals surface area (Å²) in [6.07, 6.45) is 0.938. The Hall–Kier alpha value is 1.31. The minimum Gasteiger partial charge on any atom is -1.00 e.